The summed E-state index contributed by atoms with van der Waals surface area (Å²) in [4.78, 5) is 30.5. The Labute approximate surface area is 181 Å². The number of carbonyl (C=O) groups is 1. The van der Waals surface area contributed by atoms with Gasteiger partial charge in [0, 0.05) is 18.2 Å². The van der Waals surface area contributed by atoms with Crippen LogP contribution in [0.3, 0.4) is 0 Å². The van der Waals surface area contributed by atoms with Crippen molar-refractivity contribution in [3.8, 4) is 0 Å². The minimum absolute atomic E-state index is 0.162. The van der Waals surface area contributed by atoms with E-state index in [-0.39, 0.29) is 30.0 Å². The first kappa shape index (κ1) is 21.1. The highest BCUT2D eigenvalue weighted by atomic mass is 19.1. The fraction of sp³-hybridized carbons (Fsp3) is 0.360. The van der Waals surface area contributed by atoms with E-state index in [1.165, 1.54) is 18.6 Å². The van der Waals surface area contributed by atoms with Crippen molar-refractivity contribution in [3.63, 3.8) is 0 Å². The summed E-state index contributed by atoms with van der Waals surface area (Å²) in [5.41, 5.74) is 2.95. The summed E-state index contributed by atoms with van der Waals surface area (Å²) in [7, 11) is 0. The number of aryl methyl sites for hydroxylation is 1. The number of H-pyrrole nitrogens is 1. The fourth-order valence-corrected chi connectivity index (χ4v) is 4.27. The Morgan fingerprint density at radius 1 is 1.10 bits per heavy atom. The quantitative estimate of drug-likeness (QED) is 0.608. The van der Waals surface area contributed by atoms with Crippen molar-refractivity contribution in [2.45, 2.75) is 58.2 Å². The number of nitrogens with one attached hydrogen (secondary N) is 2. The standard InChI is InChI=1S/C25H28FN3O2/c1-17-6-5-7-19-14-20(24(30)28-23(17)19)16-29(15-18-10-12-21(26)13-11-18)25(31)27-22-8-3-2-4-9-22/h5-7,10-14,22H,2-4,8-9,15-16H2,1H3,(H,27,31)(H,28,30). The van der Waals surface area contributed by atoms with Gasteiger partial charge in [0.05, 0.1) is 12.1 Å². The molecule has 1 aromatic heterocycles. The van der Waals surface area contributed by atoms with Crippen LogP contribution in [0.2, 0.25) is 0 Å². The van der Waals surface area contributed by atoms with Crippen molar-refractivity contribution in [3.05, 3.63) is 81.4 Å². The number of rotatable bonds is 5. The maximum absolute atomic E-state index is 13.3. The van der Waals surface area contributed by atoms with Gasteiger partial charge in [0.25, 0.3) is 5.56 Å². The highest BCUT2D eigenvalue weighted by molar-refractivity contribution is 5.82. The van der Waals surface area contributed by atoms with E-state index < -0.39 is 0 Å². The van der Waals surface area contributed by atoms with Crippen LogP contribution in [-0.4, -0.2) is 22.0 Å². The summed E-state index contributed by atoms with van der Waals surface area (Å²) in [6.45, 7) is 2.43. The third-order valence-electron chi connectivity index (χ3n) is 6.03. The summed E-state index contributed by atoms with van der Waals surface area (Å²) < 4.78 is 13.3. The largest absolute Gasteiger partial charge is 0.335 e. The maximum Gasteiger partial charge on any atom is 0.318 e. The lowest BCUT2D eigenvalue weighted by atomic mass is 9.96. The zero-order valence-corrected chi connectivity index (χ0v) is 17.8. The number of amides is 2. The Morgan fingerprint density at radius 3 is 2.58 bits per heavy atom. The highest BCUT2D eigenvalue weighted by Crippen LogP contribution is 2.19. The Morgan fingerprint density at radius 2 is 1.84 bits per heavy atom. The van der Waals surface area contributed by atoms with Crippen LogP contribution >= 0.6 is 0 Å². The van der Waals surface area contributed by atoms with Crippen LogP contribution in [0.25, 0.3) is 10.9 Å². The third kappa shape index (κ3) is 5.13. The SMILES string of the molecule is Cc1cccc2cc(CN(Cc3ccc(F)cc3)C(=O)NC3CCCCC3)c(=O)[nH]c12. The van der Waals surface area contributed by atoms with Crippen LogP contribution in [0.1, 0.15) is 48.8 Å². The third-order valence-corrected chi connectivity index (χ3v) is 6.03. The van der Waals surface area contributed by atoms with Crippen LogP contribution in [0, 0.1) is 12.7 Å². The Balaban J connectivity index is 1.60. The first-order valence-electron chi connectivity index (χ1n) is 10.9. The number of benzene rings is 2. The molecule has 0 bridgehead atoms. The smallest absolute Gasteiger partial charge is 0.318 e. The molecule has 2 N–H and O–H groups in total. The number of pyridine rings is 1. The van der Waals surface area contributed by atoms with Crippen molar-refractivity contribution in [1.82, 2.24) is 15.2 Å². The number of hydrogen-bond acceptors (Lipinski definition) is 2. The van der Waals surface area contributed by atoms with Crippen molar-refractivity contribution >= 4 is 16.9 Å². The number of fused-ring (bicyclic) bond motifs is 1. The lowest BCUT2D eigenvalue weighted by Crippen LogP contribution is -2.45. The molecule has 31 heavy (non-hydrogen) atoms. The van der Waals surface area contributed by atoms with Crippen molar-refractivity contribution in [2.75, 3.05) is 0 Å². The summed E-state index contributed by atoms with van der Waals surface area (Å²) in [5, 5.41) is 4.07. The van der Waals surface area contributed by atoms with Gasteiger partial charge in [-0.05, 0) is 54.5 Å². The van der Waals surface area contributed by atoms with E-state index in [2.05, 4.69) is 10.3 Å². The van der Waals surface area contributed by atoms with E-state index >= 15 is 0 Å². The molecule has 5 nitrogen and oxygen atoms in total. The van der Waals surface area contributed by atoms with Gasteiger partial charge in [0.1, 0.15) is 5.82 Å². The molecule has 3 aromatic rings. The Kier molecular flexibility index (Phi) is 6.35. The lowest BCUT2D eigenvalue weighted by Gasteiger charge is -2.28. The monoisotopic (exact) mass is 421 g/mol. The molecule has 2 amide bonds. The number of aromatic nitrogens is 1. The van der Waals surface area contributed by atoms with Gasteiger partial charge in [-0.3, -0.25) is 4.79 Å². The minimum atomic E-state index is -0.316. The van der Waals surface area contributed by atoms with Gasteiger partial charge in [-0.1, -0.05) is 49.6 Å². The number of aromatic amines is 1. The van der Waals surface area contributed by atoms with Crippen molar-refractivity contribution in [1.29, 1.82) is 0 Å². The molecule has 2 aromatic carbocycles. The fourth-order valence-electron chi connectivity index (χ4n) is 4.27. The number of halogens is 1. The molecule has 1 heterocycles. The highest BCUT2D eigenvalue weighted by Gasteiger charge is 2.21. The van der Waals surface area contributed by atoms with E-state index in [0.717, 1.165) is 47.7 Å². The Bertz CT molecular complexity index is 1120. The van der Waals surface area contributed by atoms with Crippen LogP contribution in [0.15, 0.2) is 53.3 Å². The molecular weight excluding hydrogens is 393 g/mol. The van der Waals surface area contributed by atoms with Gasteiger partial charge in [0.15, 0.2) is 0 Å². The topological polar surface area (TPSA) is 65.2 Å². The normalized spacial score (nSPS) is 14.5. The average molecular weight is 422 g/mol. The average Bonchev–Trinajstić information content (AvgIpc) is 2.76. The van der Waals surface area contributed by atoms with Crippen LogP contribution in [0.5, 0.6) is 0 Å². The zero-order chi connectivity index (χ0) is 21.8. The molecule has 0 saturated heterocycles. The number of urea groups is 1. The summed E-state index contributed by atoms with van der Waals surface area (Å²) in [6, 6.07) is 13.8. The molecule has 4 rings (SSSR count). The molecule has 0 aliphatic heterocycles. The van der Waals surface area contributed by atoms with Crippen molar-refractivity contribution in [2.24, 2.45) is 0 Å². The predicted octanol–water partition coefficient (Wildman–Crippen LogP) is 5.02. The molecule has 1 aliphatic carbocycles. The second kappa shape index (κ2) is 9.33. The predicted molar refractivity (Wildman–Crippen MR) is 120 cm³/mol. The first-order valence-corrected chi connectivity index (χ1v) is 10.9. The Hall–Kier alpha value is -3.15. The van der Waals surface area contributed by atoms with E-state index in [4.69, 9.17) is 0 Å². The zero-order valence-electron chi connectivity index (χ0n) is 17.8. The van der Waals surface area contributed by atoms with Crippen LogP contribution in [0.4, 0.5) is 9.18 Å². The second-order valence-corrected chi connectivity index (χ2v) is 8.43. The molecular formula is C25H28FN3O2. The van der Waals surface area contributed by atoms with E-state index in [0.29, 0.717) is 12.1 Å². The van der Waals surface area contributed by atoms with Gasteiger partial charge in [-0.2, -0.15) is 0 Å². The van der Waals surface area contributed by atoms with Crippen LogP contribution < -0.4 is 10.9 Å². The summed E-state index contributed by atoms with van der Waals surface area (Å²) in [5.74, 6) is -0.316. The van der Waals surface area contributed by atoms with Crippen molar-refractivity contribution < 1.29 is 9.18 Å². The molecule has 0 radical (unpaired) electrons. The molecule has 0 spiro atoms. The van der Waals surface area contributed by atoms with Gasteiger partial charge in [0.2, 0.25) is 0 Å². The van der Waals surface area contributed by atoms with E-state index in [1.807, 2.05) is 31.2 Å². The summed E-state index contributed by atoms with van der Waals surface area (Å²) in [6.07, 6.45) is 5.40. The molecule has 0 unspecified atom stereocenters. The van der Waals surface area contributed by atoms with Crippen LogP contribution in [-0.2, 0) is 13.1 Å². The van der Waals surface area contributed by atoms with E-state index in [1.54, 1.807) is 17.0 Å². The van der Waals surface area contributed by atoms with Gasteiger partial charge < -0.3 is 15.2 Å². The number of para-hydroxylation sites is 1. The lowest BCUT2D eigenvalue weighted by molar-refractivity contribution is 0.184. The second-order valence-electron chi connectivity index (χ2n) is 8.43. The maximum atomic E-state index is 13.3. The first-order chi connectivity index (χ1) is 15.0. The molecule has 1 saturated carbocycles. The molecule has 1 aliphatic rings. The summed E-state index contributed by atoms with van der Waals surface area (Å²) >= 11 is 0. The number of carbonyl (C=O) groups excluding carboxylic acids is 1. The number of hydrogen-bond donors (Lipinski definition) is 2. The molecule has 0 atom stereocenters. The van der Waals surface area contributed by atoms with E-state index in [9.17, 15) is 14.0 Å². The molecule has 162 valence electrons. The molecule has 1 fully saturated rings. The van der Waals surface area contributed by atoms with Gasteiger partial charge in [-0.25, -0.2) is 9.18 Å². The number of nitrogens with zero attached hydrogens (tertiary/aromatic N) is 1. The van der Waals surface area contributed by atoms with Gasteiger partial charge in [-0.15, -0.1) is 0 Å². The van der Waals surface area contributed by atoms with Gasteiger partial charge >= 0.3 is 6.03 Å². The minimum Gasteiger partial charge on any atom is -0.335 e. The molecule has 6 heteroatoms.